The summed E-state index contributed by atoms with van der Waals surface area (Å²) < 4.78 is 18.4. The van der Waals surface area contributed by atoms with Gasteiger partial charge in [0.15, 0.2) is 0 Å². The van der Waals surface area contributed by atoms with E-state index in [0.717, 1.165) is 28.9 Å². The number of carbonyl (C=O) groups is 1. The summed E-state index contributed by atoms with van der Waals surface area (Å²) in [5.41, 5.74) is 3.14. The van der Waals surface area contributed by atoms with Crippen LogP contribution >= 0.6 is 11.6 Å². The highest BCUT2D eigenvalue weighted by Crippen LogP contribution is 2.23. The van der Waals surface area contributed by atoms with Gasteiger partial charge in [0, 0.05) is 28.8 Å². The number of carbonyl (C=O) groups excluding carboxylic acids is 1. The SMILES string of the molecule is COc1ccc(Nc2cc(C)nc(Nc3ccc(NC(=O)c4ccc(F)cc4Cl)cc3)n2)cc1. The Labute approximate surface area is 201 Å². The Hall–Kier alpha value is -4.17. The molecule has 0 saturated carbocycles. The van der Waals surface area contributed by atoms with Crippen molar-refractivity contribution >= 4 is 46.3 Å². The fourth-order valence-corrected chi connectivity index (χ4v) is 3.40. The molecule has 0 radical (unpaired) electrons. The van der Waals surface area contributed by atoms with Crippen LogP contribution in [-0.2, 0) is 0 Å². The van der Waals surface area contributed by atoms with Crippen LogP contribution in [0.15, 0.2) is 72.8 Å². The number of amides is 1. The molecule has 4 rings (SSSR count). The summed E-state index contributed by atoms with van der Waals surface area (Å²) in [4.78, 5) is 21.4. The Morgan fingerprint density at radius 3 is 2.21 bits per heavy atom. The number of rotatable bonds is 7. The molecule has 4 aromatic rings. The van der Waals surface area contributed by atoms with Crippen molar-refractivity contribution in [3.63, 3.8) is 0 Å². The maximum absolute atomic E-state index is 13.2. The lowest BCUT2D eigenvalue weighted by Gasteiger charge is -2.11. The highest BCUT2D eigenvalue weighted by Gasteiger charge is 2.11. The number of aryl methyl sites for hydroxylation is 1. The molecule has 1 heterocycles. The molecule has 1 aromatic heterocycles. The molecule has 34 heavy (non-hydrogen) atoms. The summed E-state index contributed by atoms with van der Waals surface area (Å²) in [5, 5.41) is 9.19. The van der Waals surface area contributed by atoms with E-state index in [4.69, 9.17) is 16.3 Å². The van der Waals surface area contributed by atoms with Crippen LogP contribution in [0.4, 0.5) is 33.2 Å². The Bertz CT molecular complexity index is 1310. The third-order valence-electron chi connectivity index (χ3n) is 4.79. The van der Waals surface area contributed by atoms with Crippen molar-refractivity contribution in [1.82, 2.24) is 9.97 Å². The first-order valence-electron chi connectivity index (χ1n) is 10.3. The Kier molecular flexibility index (Phi) is 6.89. The fourth-order valence-electron chi connectivity index (χ4n) is 3.15. The molecule has 0 atom stereocenters. The fraction of sp³-hybridized carbons (Fsp3) is 0.0800. The molecule has 7 nitrogen and oxygen atoms in total. The van der Waals surface area contributed by atoms with Gasteiger partial charge in [-0.25, -0.2) is 9.37 Å². The second-order valence-electron chi connectivity index (χ2n) is 7.35. The molecular weight excluding hydrogens is 457 g/mol. The van der Waals surface area contributed by atoms with Gasteiger partial charge in [-0.05, 0) is 73.7 Å². The minimum Gasteiger partial charge on any atom is -0.497 e. The van der Waals surface area contributed by atoms with Gasteiger partial charge in [0.05, 0.1) is 17.7 Å². The standard InChI is InChI=1S/C25H21ClFN5O2/c1-15-13-23(29-17-8-10-20(34-2)11-9-17)32-25(28-15)31-19-6-4-18(5-7-19)30-24(33)21-12-3-16(27)14-22(21)26/h3-14H,1-2H3,(H,30,33)(H2,28,29,31,32). The van der Waals surface area contributed by atoms with Crippen molar-refractivity contribution in [2.24, 2.45) is 0 Å². The average Bonchev–Trinajstić information content (AvgIpc) is 2.80. The molecule has 1 amide bonds. The van der Waals surface area contributed by atoms with Gasteiger partial charge >= 0.3 is 0 Å². The lowest BCUT2D eigenvalue weighted by molar-refractivity contribution is 0.102. The predicted molar refractivity (Wildman–Crippen MR) is 132 cm³/mol. The zero-order valence-corrected chi connectivity index (χ0v) is 19.2. The number of ether oxygens (including phenoxy) is 1. The Morgan fingerprint density at radius 2 is 1.53 bits per heavy atom. The monoisotopic (exact) mass is 477 g/mol. The van der Waals surface area contributed by atoms with Gasteiger partial charge in [-0.2, -0.15) is 4.98 Å². The van der Waals surface area contributed by atoms with Crippen LogP contribution in [0.2, 0.25) is 5.02 Å². The highest BCUT2D eigenvalue weighted by molar-refractivity contribution is 6.34. The smallest absolute Gasteiger partial charge is 0.257 e. The summed E-state index contributed by atoms with van der Waals surface area (Å²) in [6.07, 6.45) is 0. The van der Waals surface area contributed by atoms with Gasteiger partial charge in [-0.1, -0.05) is 11.6 Å². The van der Waals surface area contributed by atoms with E-state index < -0.39 is 11.7 Å². The minimum atomic E-state index is -0.502. The molecule has 3 N–H and O–H groups in total. The normalized spacial score (nSPS) is 10.5. The molecule has 0 aliphatic carbocycles. The summed E-state index contributed by atoms with van der Waals surface area (Å²) in [7, 11) is 1.62. The van der Waals surface area contributed by atoms with Gasteiger partial charge < -0.3 is 20.7 Å². The number of hydrogen-bond donors (Lipinski definition) is 3. The third kappa shape index (κ3) is 5.79. The van der Waals surface area contributed by atoms with Crippen LogP contribution in [0.25, 0.3) is 0 Å². The number of anilines is 5. The predicted octanol–water partition coefficient (Wildman–Crippen LogP) is 6.33. The van der Waals surface area contributed by atoms with E-state index in [1.165, 1.54) is 12.1 Å². The largest absolute Gasteiger partial charge is 0.497 e. The van der Waals surface area contributed by atoms with E-state index >= 15 is 0 Å². The lowest BCUT2D eigenvalue weighted by atomic mass is 10.2. The first-order chi connectivity index (χ1) is 16.4. The van der Waals surface area contributed by atoms with Gasteiger partial charge in [0.2, 0.25) is 5.95 Å². The zero-order valence-electron chi connectivity index (χ0n) is 18.4. The number of benzene rings is 3. The molecule has 172 valence electrons. The van der Waals surface area contributed by atoms with Crippen LogP contribution in [0.1, 0.15) is 16.1 Å². The van der Waals surface area contributed by atoms with E-state index in [-0.39, 0.29) is 10.6 Å². The molecule has 0 fully saturated rings. The summed E-state index contributed by atoms with van der Waals surface area (Å²) in [6.45, 7) is 1.88. The maximum Gasteiger partial charge on any atom is 0.257 e. The molecule has 0 saturated heterocycles. The number of aromatic nitrogens is 2. The van der Waals surface area contributed by atoms with Crippen LogP contribution in [0, 0.1) is 12.7 Å². The van der Waals surface area contributed by atoms with E-state index in [0.29, 0.717) is 17.5 Å². The van der Waals surface area contributed by atoms with E-state index in [9.17, 15) is 9.18 Å². The van der Waals surface area contributed by atoms with Gasteiger partial charge in [0.1, 0.15) is 17.4 Å². The van der Waals surface area contributed by atoms with Crippen molar-refractivity contribution in [3.8, 4) is 5.75 Å². The van der Waals surface area contributed by atoms with Gasteiger partial charge in [-0.15, -0.1) is 0 Å². The Morgan fingerprint density at radius 1 is 0.882 bits per heavy atom. The summed E-state index contributed by atoms with van der Waals surface area (Å²) >= 11 is 5.96. The summed E-state index contributed by atoms with van der Waals surface area (Å²) in [5.74, 6) is 0.901. The topological polar surface area (TPSA) is 88.2 Å². The quantitative estimate of drug-likeness (QED) is 0.288. The molecule has 0 aliphatic rings. The zero-order chi connectivity index (χ0) is 24.1. The Balaban J connectivity index is 1.43. The first kappa shape index (κ1) is 23.0. The van der Waals surface area contributed by atoms with E-state index in [1.54, 1.807) is 31.4 Å². The number of nitrogens with one attached hydrogen (secondary N) is 3. The molecule has 0 bridgehead atoms. The molecule has 0 unspecified atom stereocenters. The van der Waals surface area contributed by atoms with Crippen LogP contribution < -0.4 is 20.7 Å². The third-order valence-corrected chi connectivity index (χ3v) is 5.10. The molecular formula is C25H21ClFN5O2. The maximum atomic E-state index is 13.2. The van der Waals surface area contributed by atoms with Crippen LogP contribution in [0.3, 0.4) is 0 Å². The molecule has 0 spiro atoms. The number of hydrogen-bond acceptors (Lipinski definition) is 6. The second kappa shape index (κ2) is 10.2. The number of methoxy groups -OCH3 is 1. The van der Waals surface area contributed by atoms with Crippen molar-refractivity contribution in [1.29, 1.82) is 0 Å². The van der Waals surface area contributed by atoms with Crippen LogP contribution in [-0.4, -0.2) is 23.0 Å². The minimum absolute atomic E-state index is 0.0476. The lowest BCUT2D eigenvalue weighted by Crippen LogP contribution is -2.12. The van der Waals surface area contributed by atoms with Crippen LogP contribution in [0.5, 0.6) is 5.75 Å². The molecule has 9 heteroatoms. The average molecular weight is 478 g/mol. The highest BCUT2D eigenvalue weighted by atomic mass is 35.5. The van der Waals surface area contributed by atoms with E-state index in [1.807, 2.05) is 37.3 Å². The van der Waals surface area contributed by atoms with Gasteiger partial charge in [0.25, 0.3) is 5.91 Å². The molecule has 3 aromatic carbocycles. The number of halogens is 2. The van der Waals surface area contributed by atoms with Crippen molar-refractivity contribution < 1.29 is 13.9 Å². The van der Waals surface area contributed by atoms with Crippen molar-refractivity contribution in [2.45, 2.75) is 6.92 Å². The van der Waals surface area contributed by atoms with Crippen molar-refractivity contribution in [3.05, 3.63) is 94.9 Å². The molecule has 0 aliphatic heterocycles. The number of nitrogens with zero attached hydrogens (tertiary/aromatic N) is 2. The van der Waals surface area contributed by atoms with E-state index in [2.05, 4.69) is 25.9 Å². The summed E-state index contributed by atoms with van der Waals surface area (Å²) in [6, 6.07) is 20.0. The van der Waals surface area contributed by atoms with Crippen molar-refractivity contribution in [2.75, 3.05) is 23.1 Å². The second-order valence-corrected chi connectivity index (χ2v) is 7.76. The first-order valence-corrected chi connectivity index (χ1v) is 10.7. The van der Waals surface area contributed by atoms with Gasteiger partial charge in [-0.3, -0.25) is 4.79 Å².